The molecule has 104 valence electrons. The molecule has 0 aromatic heterocycles. The number of nitro benzene ring substituents is 1. The molecule has 7 nitrogen and oxygen atoms in total. The lowest BCUT2D eigenvalue weighted by Crippen LogP contribution is -2.30. The van der Waals surface area contributed by atoms with E-state index in [1.165, 1.54) is 12.1 Å². The van der Waals surface area contributed by atoms with Gasteiger partial charge in [-0.1, -0.05) is 0 Å². The van der Waals surface area contributed by atoms with Crippen LogP contribution in [-0.4, -0.2) is 31.0 Å². The maximum atomic E-state index is 11.0. The molecule has 0 saturated carbocycles. The number of rotatable bonds is 3. The predicted molar refractivity (Wildman–Crippen MR) is 69.0 cm³/mol. The van der Waals surface area contributed by atoms with E-state index >= 15 is 0 Å². The Hall–Kier alpha value is -1.67. The fourth-order valence-corrected chi connectivity index (χ4v) is 2.71. The van der Waals surface area contributed by atoms with Crippen LogP contribution in [0, 0.1) is 10.1 Å². The molecule has 0 bridgehead atoms. The smallest absolute Gasteiger partial charge is 0.294 e. The summed E-state index contributed by atoms with van der Waals surface area (Å²) in [6.07, 6.45) is 3.00. The van der Waals surface area contributed by atoms with Crippen LogP contribution < -0.4 is 4.90 Å². The highest BCUT2D eigenvalue weighted by Crippen LogP contribution is 2.32. The average molecular weight is 286 g/mol. The molecule has 0 amide bonds. The minimum absolute atomic E-state index is 0.294. The minimum Gasteiger partial charge on any atom is -0.366 e. The summed E-state index contributed by atoms with van der Waals surface area (Å²) in [6, 6.07) is 3.47. The van der Waals surface area contributed by atoms with Gasteiger partial charge in [0.2, 0.25) is 0 Å². The second kappa shape index (κ2) is 5.14. The van der Waals surface area contributed by atoms with Crippen molar-refractivity contribution in [1.82, 2.24) is 0 Å². The molecule has 1 aromatic carbocycles. The van der Waals surface area contributed by atoms with Gasteiger partial charge in [-0.2, -0.15) is 8.42 Å². The SMILES string of the molecule is O=[N+]([O-])c1cc(S(=O)(=O)O)ccc1N1CCCCC1. The van der Waals surface area contributed by atoms with Crippen molar-refractivity contribution in [2.45, 2.75) is 24.2 Å². The van der Waals surface area contributed by atoms with E-state index in [0.29, 0.717) is 18.8 Å². The van der Waals surface area contributed by atoms with Gasteiger partial charge < -0.3 is 4.90 Å². The highest BCUT2D eigenvalue weighted by atomic mass is 32.2. The van der Waals surface area contributed by atoms with Crippen LogP contribution in [-0.2, 0) is 10.1 Å². The van der Waals surface area contributed by atoms with Gasteiger partial charge in [0.05, 0.1) is 4.92 Å². The molecule has 8 heteroatoms. The van der Waals surface area contributed by atoms with Crippen LogP contribution in [0.1, 0.15) is 19.3 Å². The largest absolute Gasteiger partial charge is 0.366 e. The zero-order chi connectivity index (χ0) is 14.0. The maximum Gasteiger partial charge on any atom is 0.294 e. The molecule has 2 rings (SSSR count). The standard InChI is InChI=1S/C11H14N2O5S/c14-13(15)11-8-9(19(16,17)18)4-5-10(11)12-6-2-1-3-7-12/h4-5,8H,1-3,6-7H2,(H,16,17,18). The van der Waals surface area contributed by atoms with Crippen LogP contribution in [0.4, 0.5) is 11.4 Å². The zero-order valence-electron chi connectivity index (χ0n) is 10.2. The molecule has 0 radical (unpaired) electrons. The van der Waals surface area contributed by atoms with Gasteiger partial charge in [-0.25, -0.2) is 0 Å². The van der Waals surface area contributed by atoms with Crippen molar-refractivity contribution in [2.24, 2.45) is 0 Å². The van der Waals surface area contributed by atoms with Gasteiger partial charge in [0, 0.05) is 19.2 Å². The third-order valence-corrected chi connectivity index (χ3v) is 3.99. The Balaban J connectivity index is 2.46. The fourth-order valence-electron chi connectivity index (χ4n) is 2.21. The molecule has 1 N–H and O–H groups in total. The van der Waals surface area contributed by atoms with Gasteiger partial charge >= 0.3 is 0 Å². The molecule has 0 atom stereocenters. The van der Waals surface area contributed by atoms with Gasteiger partial charge in [0.1, 0.15) is 10.6 Å². The minimum atomic E-state index is -4.43. The number of hydrogen-bond donors (Lipinski definition) is 1. The number of hydrogen-bond acceptors (Lipinski definition) is 5. The van der Waals surface area contributed by atoms with Gasteiger partial charge in [0.15, 0.2) is 0 Å². The number of piperidine rings is 1. The van der Waals surface area contributed by atoms with E-state index < -0.39 is 19.9 Å². The highest BCUT2D eigenvalue weighted by Gasteiger charge is 2.24. The fraction of sp³-hybridized carbons (Fsp3) is 0.455. The van der Waals surface area contributed by atoms with Gasteiger partial charge in [-0.15, -0.1) is 0 Å². The summed E-state index contributed by atoms with van der Waals surface area (Å²) in [5, 5.41) is 11.0. The topological polar surface area (TPSA) is 101 Å². The molecule has 0 spiro atoms. The lowest BCUT2D eigenvalue weighted by molar-refractivity contribution is -0.384. The summed E-state index contributed by atoms with van der Waals surface area (Å²) >= 11 is 0. The molecule has 0 aliphatic carbocycles. The number of nitro groups is 1. The maximum absolute atomic E-state index is 11.0. The first kappa shape index (κ1) is 13.8. The molecule has 1 aromatic rings. The second-order valence-corrected chi connectivity index (χ2v) is 5.85. The molecule has 1 fully saturated rings. The Bertz CT molecular complexity index is 593. The number of anilines is 1. The normalized spacial score (nSPS) is 16.4. The lowest BCUT2D eigenvalue weighted by Gasteiger charge is -2.28. The first-order chi connectivity index (χ1) is 8.89. The van der Waals surface area contributed by atoms with E-state index in [0.717, 1.165) is 25.3 Å². The van der Waals surface area contributed by atoms with Crippen LogP contribution in [0.2, 0.25) is 0 Å². The molecule has 19 heavy (non-hydrogen) atoms. The Morgan fingerprint density at radius 1 is 1.21 bits per heavy atom. The summed E-state index contributed by atoms with van der Waals surface area (Å²) in [5.74, 6) is 0. The third-order valence-electron chi connectivity index (χ3n) is 3.14. The van der Waals surface area contributed by atoms with Crippen LogP contribution in [0.25, 0.3) is 0 Å². The van der Waals surface area contributed by atoms with Crippen molar-refractivity contribution in [3.63, 3.8) is 0 Å². The molecule has 1 saturated heterocycles. The van der Waals surface area contributed by atoms with E-state index in [4.69, 9.17) is 4.55 Å². The van der Waals surface area contributed by atoms with E-state index in [9.17, 15) is 18.5 Å². The molecule has 0 unspecified atom stereocenters. The summed E-state index contributed by atoms with van der Waals surface area (Å²) in [6.45, 7) is 1.43. The van der Waals surface area contributed by atoms with Crippen LogP contribution in [0.3, 0.4) is 0 Å². The van der Waals surface area contributed by atoms with Crippen molar-refractivity contribution in [1.29, 1.82) is 0 Å². The zero-order valence-corrected chi connectivity index (χ0v) is 11.0. The van der Waals surface area contributed by atoms with Crippen molar-refractivity contribution < 1.29 is 17.9 Å². The summed E-state index contributed by atoms with van der Waals surface area (Å²) in [5.41, 5.74) is 0.106. The number of benzene rings is 1. The van der Waals surface area contributed by atoms with Crippen LogP contribution in [0.5, 0.6) is 0 Å². The lowest BCUT2D eigenvalue weighted by atomic mass is 10.1. The molecule has 1 heterocycles. The predicted octanol–water partition coefficient (Wildman–Crippen LogP) is 1.83. The van der Waals surface area contributed by atoms with Crippen molar-refractivity contribution in [3.8, 4) is 0 Å². The molecular weight excluding hydrogens is 272 g/mol. The average Bonchev–Trinajstić information content (AvgIpc) is 2.38. The van der Waals surface area contributed by atoms with Crippen LogP contribution >= 0.6 is 0 Å². The first-order valence-corrected chi connectivity index (χ1v) is 7.34. The second-order valence-electron chi connectivity index (χ2n) is 4.43. The van der Waals surface area contributed by atoms with Crippen molar-refractivity contribution in [3.05, 3.63) is 28.3 Å². The monoisotopic (exact) mass is 286 g/mol. The Morgan fingerprint density at radius 3 is 2.37 bits per heavy atom. The van der Waals surface area contributed by atoms with Gasteiger partial charge in [0.25, 0.3) is 15.8 Å². The quantitative estimate of drug-likeness (QED) is 0.517. The van der Waals surface area contributed by atoms with E-state index in [1.807, 2.05) is 4.90 Å². The van der Waals surface area contributed by atoms with Gasteiger partial charge in [-0.3, -0.25) is 14.7 Å². The third kappa shape index (κ3) is 3.02. The first-order valence-electron chi connectivity index (χ1n) is 5.90. The highest BCUT2D eigenvalue weighted by molar-refractivity contribution is 7.85. The van der Waals surface area contributed by atoms with E-state index in [-0.39, 0.29) is 5.69 Å². The Morgan fingerprint density at radius 2 is 1.84 bits per heavy atom. The summed E-state index contributed by atoms with van der Waals surface area (Å²) < 4.78 is 31.0. The van der Waals surface area contributed by atoms with Crippen molar-refractivity contribution in [2.75, 3.05) is 18.0 Å². The summed E-state index contributed by atoms with van der Waals surface area (Å²) in [4.78, 5) is 11.8. The van der Waals surface area contributed by atoms with E-state index in [2.05, 4.69) is 0 Å². The Kier molecular flexibility index (Phi) is 3.72. The van der Waals surface area contributed by atoms with E-state index in [1.54, 1.807) is 0 Å². The molecular formula is C11H14N2O5S. The Labute approximate surface area is 110 Å². The van der Waals surface area contributed by atoms with Gasteiger partial charge in [-0.05, 0) is 31.4 Å². The van der Waals surface area contributed by atoms with Crippen LogP contribution in [0.15, 0.2) is 23.1 Å². The number of nitrogens with zero attached hydrogens (tertiary/aromatic N) is 2. The molecule has 1 aliphatic rings. The summed E-state index contributed by atoms with van der Waals surface area (Å²) in [7, 11) is -4.43. The molecule has 1 aliphatic heterocycles. The van der Waals surface area contributed by atoms with Crippen molar-refractivity contribution >= 4 is 21.5 Å².